The largest absolute Gasteiger partial charge is 0.495 e. The lowest BCUT2D eigenvalue weighted by molar-refractivity contribution is 0.100. The lowest BCUT2D eigenvalue weighted by atomic mass is 10.1. The lowest BCUT2D eigenvalue weighted by Crippen LogP contribution is -2.18. The average molecular weight is 428 g/mol. The SMILES string of the molecule is COc1c(Br)cc(Br)cc1C(=O)Nc1ccccc1C(N)=O. The van der Waals surface area contributed by atoms with Crippen molar-refractivity contribution in [2.24, 2.45) is 5.73 Å². The molecule has 114 valence electrons. The zero-order valence-electron chi connectivity index (χ0n) is 11.5. The number of halogens is 2. The van der Waals surface area contributed by atoms with Gasteiger partial charge in [-0.25, -0.2) is 0 Å². The molecule has 0 aliphatic rings. The van der Waals surface area contributed by atoms with Crippen molar-refractivity contribution in [1.29, 1.82) is 0 Å². The summed E-state index contributed by atoms with van der Waals surface area (Å²) >= 11 is 6.67. The second-order valence-corrected chi connectivity index (χ2v) is 6.10. The number of carbonyl (C=O) groups excluding carboxylic acids is 2. The number of para-hydroxylation sites is 1. The van der Waals surface area contributed by atoms with Crippen molar-refractivity contribution < 1.29 is 14.3 Å². The molecule has 2 aromatic rings. The Morgan fingerprint density at radius 2 is 1.82 bits per heavy atom. The lowest BCUT2D eigenvalue weighted by Gasteiger charge is -2.13. The fraction of sp³-hybridized carbons (Fsp3) is 0.0667. The Labute approximate surface area is 144 Å². The Kier molecular flexibility index (Phi) is 5.20. The van der Waals surface area contributed by atoms with Gasteiger partial charge in [0.15, 0.2) is 0 Å². The second kappa shape index (κ2) is 6.93. The predicted octanol–water partition coefficient (Wildman–Crippen LogP) is 3.57. The molecule has 0 saturated carbocycles. The highest BCUT2D eigenvalue weighted by Crippen LogP contribution is 2.33. The molecule has 0 aromatic heterocycles. The molecule has 0 bridgehead atoms. The van der Waals surface area contributed by atoms with Gasteiger partial charge in [-0.05, 0) is 40.2 Å². The zero-order valence-corrected chi connectivity index (χ0v) is 14.7. The van der Waals surface area contributed by atoms with Crippen LogP contribution < -0.4 is 15.8 Å². The Morgan fingerprint density at radius 3 is 2.45 bits per heavy atom. The summed E-state index contributed by atoms with van der Waals surface area (Å²) in [6, 6.07) is 9.93. The Balaban J connectivity index is 2.41. The third kappa shape index (κ3) is 3.48. The van der Waals surface area contributed by atoms with Gasteiger partial charge in [-0.1, -0.05) is 28.1 Å². The van der Waals surface area contributed by atoms with Crippen LogP contribution in [0.15, 0.2) is 45.3 Å². The summed E-state index contributed by atoms with van der Waals surface area (Å²) in [5.41, 5.74) is 6.21. The van der Waals surface area contributed by atoms with E-state index in [1.54, 1.807) is 36.4 Å². The van der Waals surface area contributed by atoms with Crippen LogP contribution in [0.5, 0.6) is 5.75 Å². The topological polar surface area (TPSA) is 81.4 Å². The predicted molar refractivity (Wildman–Crippen MR) is 91.3 cm³/mol. The maximum absolute atomic E-state index is 12.5. The summed E-state index contributed by atoms with van der Waals surface area (Å²) in [6.45, 7) is 0. The van der Waals surface area contributed by atoms with E-state index in [-0.39, 0.29) is 5.56 Å². The Morgan fingerprint density at radius 1 is 1.14 bits per heavy atom. The molecule has 2 rings (SSSR count). The molecule has 0 atom stereocenters. The smallest absolute Gasteiger partial charge is 0.259 e. The van der Waals surface area contributed by atoms with Gasteiger partial charge < -0.3 is 15.8 Å². The van der Waals surface area contributed by atoms with E-state index < -0.39 is 11.8 Å². The standard InChI is InChI=1S/C15H12Br2N2O3/c1-22-13-10(6-8(16)7-11(13)17)15(21)19-12-5-3-2-4-9(12)14(18)20/h2-7H,1H3,(H2,18,20)(H,19,21). The molecule has 0 saturated heterocycles. The van der Waals surface area contributed by atoms with E-state index in [9.17, 15) is 9.59 Å². The number of nitrogens with one attached hydrogen (secondary N) is 1. The molecule has 5 nitrogen and oxygen atoms in total. The Bertz CT molecular complexity index is 748. The molecule has 2 amide bonds. The van der Waals surface area contributed by atoms with Crippen LogP contribution in [0.2, 0.25) is 0 Å². The number of rotatable bonds is 4. The molecule has 2 aromatic carbocycles. The molecule has 0 aliphatic heterocycles. The first-order chi connectivity index (χ1) is 10.4. The highest BCUT2D eigenvalue weighted by atomic mass is 79.9. The van der Waals surface area contributed by atoms with Gasteiger partial charge in [0.25, 0.3) is 11.8 Å². The first-order valence-electron chi connectivity index (χ1n) is 6.17. The summed E-state index contributed by atoms with van der Waals surface area (Å²) in [7, 11) is 1.47. The fourth-order valence-electron chi connectivity index (χ4n) is 1.93. The van der Waals surface area contributed by atoms with E-state index in [0.717, 1.165) is 0 Å². The van der Waals surface area contributed by atoms with Crippen LogP contribution >= 0.6 is 31.9 Å². The van der Waals surface area contributed by atoms with Gasteiger partial charge in [0, 0.05) is 4.47 Å². The van der Waals surface area contributed by atoms with Crippen molar-refractivity contribution in [3.63, 3.8) is 0 Å². The summed E-state index contributed by atoms with van der Waals surface area (Å²) in [4.78, 5) is 23.9. The van der Waals surface area contributed by atoms with Gasteiger partial charge in [-0.3, -0.25) is 9.59 Å². The number of anilines is 1. The quantitative estimate of drug-likeness (QED) is 0.782. The number of benzene rings is 2. The molecule has 0 aliphatic carbocycles. The number of nitrogens with two attached hydrogens (primary N) is 1. The molecule has 0 fully saturated rings. The molecule has 0 spiro atoms. The first-order valence-corrected chi connectivity index (χ1v) is 7.76. The molecule has 22 heavy (non-hydrogen) atoms. The first kappa shape index (κ1) is 16.5. The van der Waals surface area contributed by atoms with Gasteiger partial charge in [0.05, 0.1) is 28.4 Å². The number of hydrogen-bond donors (Lipinski definition) is 2. The van der Waals surface area contributed by atoms with Crippen LogP contribution in [0, 0.1) is 0 Å². The third-order valence-electron chi connectivity index (χ3n) is 2.90. The molecule has 0 heterocycles. The van der Waals surface area contributed by atoms with E-state index >= 15 is 0 Å². The minimum atomic E-state index is -0.613. The molecular formula is C15H12Br2N2O3. The summed E-state index contributed by atoms with van der Waals surface area (Å²) in [5, 5.41) is 2.68. The Hall–Kier alpha value is -1.86. The van der Waals surface area contributed by atoms with Crippen LogP contribution in [0.25, 0.3) is 0 Å². The average Bonchev–Trinajstić information content (AvgIpc) is 2.46. The molecule has 0 radical (unpaired) electrons. The number of amides is 2. The van der Waals surface area contributed by atoms with E-state index in [1.807, 2.05) is 0 Å². The number of ether oxygens (including phenoxy) is 1. The number of primary amides is 1. The van der Waals surface area contributed by atoms with E-state index in [4.69, 9.17) is 10.5 Å². The maximum Gasteiger partial charge on any atom is 0.259 e. The van der Waals surface area contributed by atoms with E-state index in [0.29, 0.717) is 25.9 Å². The maximum atomic E-state index is 12.5. The monoisotopic (exact) mass is 426 g/mol. The van der Waals surface area contributed by atoms with Gasteiger partial charge in [-0.2, -0.15) is 0 Å². The van der Waals surface area contributed by atoms with E-state index in [1.165, 1.54) is 7.11 Å². The molecule has 3 N–H and O–H groups in total. The minimum Gasteiger partial charge on any atom is -0.495 e. The van der Waals surface area contributed by atoms with Crippen LogP contribution in [0.1, 0.15) is 20.7 Å². The van der Waals surface area contributed by atoms with Gasteiger partial charge in [-0.15, -0.1) is 0 Å². The fourth-order valence-corrected chi connectivity index (χ4v) is 3.32. The van der Waals surface area contributed by atoms with Crippen LogP contribution in [-0.4, -0.2) is 18.9 Å². The van der Waals surface area contributed by atoms with Crippen molar-refractivity contribution in [2.45, 2.75) is 0 Å². The van der Waals surface area contributed by atoms with Crippen molar-refractivity contribution in [3.8, 4) is 5.75 Å². The van der Waals surface area contributed by atoms with Gasteiger partial charge in [0.1, 0.15) is 5.75 Å². The normalized spacial score (nSPS) is 10.1. The highest BCUT2D eigenvalue weighted by molar-refractivity contribution is 9.11. The minimum absolute atomic E-state index is 0.240. The molecule has 0 unspecified atom stereocenters. The number of methoxy groups -OCH3 is 1. The summed E-state index contributed by atoms with van der Waals surface area (Å²) < 4.78 is 6.60. The van der Waals surface area contributed by atoms with E-state index in [2.05, 4.69) is 37.2 Å². The van der Waals surface area contributed by atoms with Crippen LogP contribution in [0.3, 0.4) is 0 Å². The van der Waals surface area contributed by atoms with Crippen molar-refractivity contribution >= 4 is 49.4 Å². The van der Waals surface area contributed by atoms with Crippen LogP contribution in [0.4, 0.5) is 5.69 Å². The second-order valence-electron chi connectivity index (χ2n) is 4.33. The molecule has 7 heteroatoms. The molecular weight excluding hydrogens is 416 g/mol. The number of hydrogen-bond acceptors (Lipinski definition) is 3. The summed E-state index contributed by atoms with van der Waals surface area (Å²) in [6.07, 6.45) is 0. The number of carbonyl (C=O) groups is 2. The van der Waals surface area contributed by atoms with Crippen molar-refractivity contribution in [1.82, 2.24) is 0 Å². The zero-order chi connectivity index (χ0) is 16.3. The van der Waals surface area contributed by atoms with Crippen LogP contribution in [-0.2, 0) is 0 Å². The van der Waals surface area contributed by atoms with Gasteiger partial charge in [0.2, 0.25) is 0 Å². The summed E-state index contributed by atoms with van der Waals surface area (Å²) in [5.74, 6) is -0.622. The van der Waals surface area contributed by atoms with Gasteiger partial charge >= 0.3 is 0 Å². The van der Waals surface area contributed by atoms with Crippen molar-refractivity contribution in [2.75, 3.05) is 12.4 Å². The third-order valence-corrected chi connectivity index (χ3v) is 3.94. The highest BCUT2D eigenvalue weighted by Gasteiger charge is 2.18. The van der Waals surface area contributed by atoms with Crippen molar-refractivity contribution in [3.05, 3.63) is 56.5 Å².